The van der Waals surface area contributed by atoms with Gasteiger partial charge in [-0.2, -0.15) is 8.78 Å². The summed E-state index contributed by atoms with van der Waals surface area (Å²) in [6.45, 7) is -1.86. The van der Waals surface area contributed by atoms with Crippen molar-refractivity contribution in [2.45, 2.75) is 12.3 Å². The first-order chi connectivity index (χ1) is 12.2. The molecule has 2 rings (SSSR count). The van der Waals surface area contributed by atoms with Gasteiger partial charge in [0.1, 0.15) is 0 Å². The topological polar surface area (TPSA) is 52.6 Å². The Labute approximate surface area is 144 Å². The Morgan fingerprint density at radius 3 is 2.04 bits per heavy atom. The van der Waals surface area contributed by atoms with E-state index >= 15 is 0 Å². The summed E-state index contributed by atoms with van der Waals surface area (Å²) in [4.78, 5) is 24.0. The van der Waals surface area contributed by atoms with Gasteiger partial charge in [-0.15, -0.1) is 0 Å². The lowest BCUT2D eigenvalue weighted by Gasteiger charge is -2.15. The molecule has 0 atom stereocenters. The van der Waals surface area contributed by atoms with Gasteiger partial charge in [0.15, 0.2) is 18.2 Å². The number of alkyl halides is 4. The monoisotopic (exact) mass is 374 g/mol. The van der Waals surface area contributed by atoms with Gasteiger partial charge in [0.2, 0.25) is 0 Å². The van der Waals surface area contributed by atoms with Crippen molar-refractivity contribution in [3.63, 3.8) is 0 Å². The van der Waals surface area contributed by atoms with Crippen molar-refractivity contribution >= 4 is 11.9 Å². The van der Waals surface area contributed by atoms with E-state index in [-0.39, 0.29) is 0 Å². The molecule has 0 N–H and O–H groups in total. The Kier molecular flexibility index (Phi) is 5.91. The van der Waals surface area contributed by atoms with Crippen LogP contribution >= 0.6 is 0 Å². The molecule has 4 nitrogen and oxygen atoms in total. The zero-order chi connectivity index (χ0) is 19.3. The molecule has 0 aliphatic rings. The molecule has 2 aromatic carbocycles. The van der Waals surface area contributed by atoms with Crippen molar-refractivity contribution in [2.75, 3.05) is 6.61 Å². The number of ether oxygens (including phenoxy) is 2. The molecule has 0 bridgehead atoms. The summed E-state index contributed by atoms with van der Waals surface area (Å²) in [5, 5.41) is 0. The Morgan fingerprint density at radius 1 is 0.923 bits per heavy atom. The lowest BCUT2D eigenvalue weighted by atomic mass is 10.1. The predicted molar refractivity (Wildman–Crippen MR) is 79.0 cm³/mol. The molecule has 0 aliphatic heterocycles. The van der Waals surface area contributed by atoms with Crippen LogP contribution < -0.4 is 4.74 Å². The maximum atomic E-state index is 13.5. The molecule has 0 aliphatic carbocycles. The van der Waals surface area contributed by atoms with Crippen LogP contribution in [0.2, 0.25) is 0 Å². The van der Waals surface area contributed by atoms with Crippen molar-refractivity contribution in [1.82, 2.24) is 0 Å². The van der Waals surface area contributed by atoms with Crippen LogP contribution in [0.5, 0.6) is 5.75 Å². The van der Waals surface area contributed by atoms with E-state index in [0.717, 1.165) is 24.3 Å². The van der Waals surface area contributed by atoms with E-state index < -0.39 is 53.6 Å². The van der Waals surface area contributed by atoms with Gasteiger partial charge in [-0.1, -0.05) is 24.3 Å². The molecule has 0 saturated carbocycles. The van der Waals surface area contributed by atoms with Crippen LogP contribution in [-0.4, -0.2) is 30.9 Å². The highest BCUT2D eigenvalue weighted by atomic mass is 19.3. The van der Waals surface area contributed by atoms with E-state index in [4.69, 9.17) is 4.74 Å². The summed E-state index contributed by atoms with van der Waals surface area (Å²) in [6.07, 6.45) is -4.02. The number of esters is 2. The predicted octanol–water partition coefficient (Wildman–Crippen LogP) is 4.10. The average molecular weight is 374 g/mol. The smallest absolute Gasteiger partial charge is 0.344 e. The second-order valence-electron chi connectivity index (χ2n) is 5.00. The third-order valence-electron chi connectivity index (χ3n) is 3.12. The van der Waals surface area contributed by atoms with E-state index in [1.165, 1.54) is 24.3 Å². The van der Waals surface area contributed by atoms with Gasteiger partial charge >= 0.3 is 24.3 Å². The second-order valence-corrected chi connectivity index (χ2v) is 5.00. The molecule has 26 heavy (non-hydrogen) atoms. The number of benzene rings is 2. The minimum Gasteiger partial charge on any atom is -0.455 e. The van der Waals surface area contributed by atoms with Gasteiger partial charge in [0.25, 0.3) is 0 Å². The SMILES string of the molecule is O=C(OCC(F)(F)C(F)F)c1ccccc1C(=O)Oc1ccccc1F. The van der Waals surface area contributed by atoms with Crippen molar-refractivity contribution in [2.24, 2.45) is 0 Å². The standard InChI is InChI=1S/C17H11F5O4/c18-12-7-3-4-8-13(12)26-15(24)11-6-2-1-5-10(11)14(23)25-9-17(21,22)16(19)20/h1-8,16H,9H2. The molecule has 0 aromatic heterocycles. The number of hydrogen-bond donors (Lipinski definition) is 0. The zero-order valence-corrected chi connectivity index (χ0v) is 12.9. The van der Waals surface area contributed by atoms with E-state index in [1.807, 2.05) is 0 Å². The molecule has 0 saturated heterocycles. The number of carbonyl (C=O) groups excluding carboxylic acids is 2. The molecule has 0 radical (unpaired) electrons. The maximum absolute atomic E-state index is 13.5. The average Bonchev–Trinajstić information content (AvgIpc) is 2.61. The van der Waals surface area contributed by atoms with Crippen LogP contribution in [0.4, 0.5) is 22.0 Å². The van der Waals surface area contributed by atoms with Crippen LogP contribution in [0.25, 0.3) is 0 Å². The summed E-state index contributed by atoms with van der Waals surface area (Å²) in [5.41, 5.74) is -0.889. The fourth-order valence-electron chi connectivity index (χ4n) is 1.82. The molecule has 0 heterocycles. The molecule has 138 valence electrons. The van der Waals surface area contributed by atoms with E-state index in [1.54, 1.807) is 0 Å². The Morgan fingerprint density at radius 2 is 1.46 bits per heavy atom. The summed E-state index contributed by atoms with van der Waals surface area (Å²) >= 11 is 0. The maximum Gasteiger partial charge on any atom is 0.344 e. The van der Waals surface area contributed by atoms with Gasteiger partial charge in [-0.25, -0.2) is 22.8 Å². The Bertz CT molecular complexity index is 807. The van der Waals surface area contributed by atoms with E-state index in [9.17, 15) is 31.5 Å². The first-order valence-corrected chi connectivity index (χ1v) is 7.11. The van der Waals surface area contributed by atoms with Crippen molar-refractivity contribution in [1.29, 1.82) is 0 Å². The first kappa shape index (κ1) is 19.4. The molecule has 0 amide bonds. The highest BCUT2D eigenvalue weighted by Crippen LogP contribution is 2.24. The van der Waals surface area contributed by atoms with Gasteiger partial charge in [-0.3, -0.25) is 0 Å². The highest BCUT2D eigenvalue weighted by Gasteiger charge is 2.42. The number of rotatable bonds is 6. The summed E-state index contributed by atoms with van der Waals surface area (Å²) in [7, 11) is 0. The molecule has 9 heteroatoms. The van der Waals surface area contributed by atoms with Crippen molar-refractivity contribution in [3.8, 4) is 5.75 Å². The van der Waals surface area contributed by atoms with Gasteiger partial charge < -0.3 is 9.47 Å². The first-order valence-electron chi connectivity index (χ1n) is 7.11. The lowest BCUT2D eigenvalue weighted by molar-refractivity contribution is -0.155. The number of carbonyl (C=O) groups is 2. The van der Waals surface area contributed by atoms with Crippen LogP contribution in [0.3, 0.4) is 0 Å². The van der Waals surface area contributed by atoms with E-state index in [2.05, 4.69) is 4.74 Å². The Hall–Kier alpha value is -2.97. The fourth-order valence-corrected chi connectivity index (χ4v) is 1.82. The lowest BCUT2D eigenvalue weighted by Crippen LogP contribution is -2.33. The van der Waals surface area contributed by atoms with Gasteiger partial charge in [0.05, 0.1) is 11.1 Å². The third kappa shape index (κ3) is 4.56. The summed E-state index contributed by atoms with van der Waals surface area (Å²) < 4.78 is 72.4. The van der Waals surface area contributed by atoms with Gasteiger partial charge in [-0.05, 0) is 24.3 Å². The second kappa shape index (κ2) is 7.94. The Balaban J connectivity index is 2.18. The van der Waals surface area contributed by atoms with Crippen LogP contribution in [0.15, 0.2) is 48.5 Å². The van der Waals surface area contributed by atoms with Gasteiger partial charge in [0, 0.05) is 0 Å². The molecule has 0 fully saturated rings. The molecular weight excluding hydrogens is 363 g/mol. The summed E-state index contributed by atoms with van der Waals surface area (Å²) in [5.74, 6) is -8.35. The van der Waals surface area contributed by atoms with Crippen LogP contribution in [-0.2, 0) is 4.74 Å². The molecule has 2 aromatic rings. The molecular formula is C17H11F5O4. The quantitative estimate of drug-likeness (QED) is 0.434. The largest absolute Gasteiger partial charge is 0.455 e. The summed E-state index contributed by atoms with van der Waals surface area (Å²) in [6, 6.07) is 9.77. The van der Waals surface area contributed by atoms with Crippen LogP contribution in [0, 0.1) is 5.82 Å². The zero-order valence-electron chi connectivity index (χ0n) is 12.9. The normalized spacial score (nSPS) is 11.3. The molecule has 0 spiro atoms. The van der Waals surface area contributed by atoms with Crippen molar-refractivity contribution in [3.05, 3.63) is 65.5 Å². The van der Waals surface area contributed by atoms with Crippen LogP contribution in [0.1, 0.15) is 20.7 Å². The number of para-hydroxylation sites is 1. The minimum atomic E-state index is -4.53. The molecule has 0 unspecified atom stereocenters. The highest BCUT2D eigenvalue weighted by molar-refractivity contribution is 6.03. The minimum absolute atomic E-state index is 0.402. The third-order valence-corrected chi connectivity index (χ3v) is 3.12. The number of halogens is 5. The number of hydrogen-bond acceptors (Lipinski definition) is 4. The van der Waals surface area contributed by atoms with E-state index in [0.29, 0.717) is 0 Å². The van der Waals surface area contributed by atoms with Crippen molar-refractivity contribution < 1.29 is 41.0 Å². The fraction of sp³-hybridized carbons (Fsp3) is 0.176.